The van der Waals surface area contributed by atoms with Gasteiger partial charge in [-0.2, -0.15) is 0 Å². The summed E-state index contributed by atoms with van der Waals surface area (Å²) in [7, 11) is 3.05. The number of furan rings is 1. The fraction of sp³-hybridized carbons (Fsp3) is 0.238. The van der Waals surface area contributed by atoms with Crippen molar-refractivity contribution in [1.29, 1.82) is 0 Å². The Morgan fingerprint density at radius 1 is 0.964 bits per heavy atom. The Hall–Kier alpha value is -3.48. The van der Waals surface area contributed by atoms with Gasteiger partial charge in [-0.25, -0.2) is 0 Å². The minimum atomic E-state index is -0.484. The first-order valence-corrected chi connectivity index (χ1v) is 8.80. The molecule has 1 heterocycles. The van der Waals surface area contributed by atoms with Crippen molar-refractivity contribution in [3.63, 3.8) is 0 Å². The summed E-state index contributed by atoms with van der Waals surface area (Å²) in [6.07, 6.45) is 0. The lowest BCUT2D eigenvalue weighted by atomic mass is 10.1. The molecule has 0 bridgehead atoms. The molecule has 0 saturated carbocycles. The first-order chi connectivity index (χ1) is 13.4. The van der Waals surface area contributed by atoms with Crippen LogP contribution < -0.4 is 20.1 Å². The third kappa shape index (κ3) is 3.78. The zero-order valence-corrected chi connectivity index (χ0v) is 16.2. The minimum Gasteiger partial charge on any atom is -0.493 e. The van der Waals surface area contributed by atoms with Gasteiger partial charge in [0.25, 0.3) is 5.91 Å². The Bertz CT molecular complexity index is 1020. The lowest BCUT2D eigenvalue weighted by Gasteiger charge is -2.11. The molecule has 3 aromatic rings. The lowest BCUT2D eigenvalue weighted by Crippen LogP contribution is -2.20. The Balaban J connectivity index is 1.96. The molecule has 0 unspecified atom stereocenters. The molecule has 0 aliphatic rings. The summed E-state index contributed by atoms with van der Waals surface area (Å²) in [6, 6.07) is 12.2. The van der Waals surface area contributed by atoms with Crippen LogP contribution in [0.2, 0.25) is 0 Å². The van der Waals surface area contributed by atoms with Gasteiger partial charge in [0.05, 0.1) is 14.2 Å². The van der Waals surface area contributed by atoms with E-state index in [1.54, 1.807) is 50.2 Å². The molecule has 1 aromatic heterocycles. The number of carbonyl (C=O) groups is 2. The van der Waals surface area contributed by atoms with E-state index < -0.39 is 5.91 Å². The molecular weight excluding hydrogens is 360 g/mol. The Kier molecular flexibility index (Phi) is 5.54. The SMILES string of the molecule is COc1ccc(NC(=O)c2oc3ccccc3c2NC(=O)C(C)C)cc1OC. The molecule has 7 heteroatoms. The smallest absolute Gasteiger partial charge is 0.293 e. The number of fused-ring (bicyclic) bond motifs is 1. The Morgan fingerprint density at radius 3 is 2.36 bits per heavy atom. The number of hydrogen-bond donors (Lipinski definition) is 2. The number of hydrogen-bond acceptors (Lipinski definition) is 5. The summed E-state index contributed by atoms with van der Waals surface area (Å²) >= 11 is 0. The Morgan fingerprint density at radius 2 is 1.68 bits per heavy atom. The summed E-state index contributed by atoms with van der Waals surface area (Å²) in [6.45, 7) is 3.56. The second-order valence-electron chi connectivity index (χ2n) is 6.47. The van der Waals surface area contributed by atoms with Gasteiger partial charge in [0.2, 0.25) is 11.7 Å². The van der Waals surface area contributed by atoms with Crippen molar-refractivity contribution in [3.05, 3.63) is 48.2 Å². The van der Waals surface area contributed by atoms with Gasteiger partial charge in [0.15, 0.2) is 11.5 Å². The average Bonchev–Trinajstić information content (AvgIpc) is 3.06. The molecule has 7 nitrogen and oxygen atoms in total. The van der Waals surface area contributed by atoms with Crippen LogP contribution in [0.4, 0.5) is 11.4 Å². The minimum absolute atomic E-state index is 0.0324. The maximum absolute atomic E-state index is 12.9. The number of anilines is 2. The van der Waals surface area contributed by atoms with E-state index in [1.165, 1.54) is 14.2 Å². The van der Waals surface area contributed by atoms with Gasteiger partial charge in [-0.05, 0) is 24.3 Å². The quantitative estimate of drug-likeness (QED) is 0.663. The second kappa shape index (κ2) is 8.04. The summed E-state index contributed by atoms with van der Waals surface area (Å²) in [4.78, 5) is 25.1. The van der Waals surface area contributed by atoms with Gasteiger partial charge >= 0.3 is 0 Å². The van der Waals surface area contributed by atoms with Crippen molar-refractivity contribution in [1.82, 2.24) is 0 Å². The van der Waals surface area contributed by atoms with Gasteiger partial charge in [-0.15, -0.1) is 0 Å². The van der Waals surface area contributed by atoms with Crippen molar-refractivity contribution in [2.45, 2.75) is 13.8 Å². The van der Waals surface area contributed by atoms with Gasteiger partial charge in [0.1, 0.15) is 11.3 Å². The van der Waals surface area contributed by atoms with Gasteiger partial charge in [-0.1, -0.05) is 26.0 Å². The standard InChI is InChI=1S/C21H22N2O5/c1-12(2)20(24)23-18-14-7-5-6-8-15(14)28-19(18)21(25)22-13-9-10-16(26-3)17(11-13)27-4/h5-12H,1-4H3,(H,22,25)(H,23,24). The monoisotopic (exact) mass is 382 g/mol. The maximum Gasteiger partial charge on any atom is 0.293 e. The van der Waals surface area contributed by atoms with E-state index in [0.717, 1.165) is 0 Å². The third-order valence-electron chi connectivity index (χ3n) is 4.22. The third-order valence-corrected chi connectivity index (χ3v) is 4.22. The molecule has 3 rings (SSSR count). The zero-order valence-electron chi connectivity index (χ0n) is 16.2. The topological polar surface area (TPSA) is 89.8 Å². The van der Waals surface area contributed by atoms with Crippen LogP contribution in [0.3, 0.4) is 0 Å². The average molecular weight is 382 g/mol. The van der Waals surface area contributed by atoms with E-state index in [-0.39, 0.29) is 17.6 Å². The number of para-hydroxylation sites is 1. The van der Waals surface area contributed by atoms with Crippen LogP contribution >= 0.6 is 0 Å². The van der Waals surface area contributed by atoms with Crippen LogP contribution in [-0.2, 0) is 4.79 Å². The van der Waals surface area contributed by atoms with E-state index in [9.17, 15) is 9.59 Å². The summed E-state index contributed by atoms with van der Waals surface area (Å²) in [5.41, 5.74) is 1.37. The molecule has 0 aliphatic carbocycles. The molecule has 0 aliphatic heterocycles. The molecule has 146 valence electrons. The molecule has 0 spiro atoms. The van der Waals surface area contributed by atoms with Crippen LogP contribution in [0.25, 0.3) is 11.0 Å². The molecule has 2 amide bonds. The highest BCUT2D eigenvalue weighted by Crippen LogP contribution is 2.33. The molecule has 0 saturated heterocycles. The van der Waals surface area contributed by atoms with E-state index in [2.05, 4.69) is 10.6 Å². The fourth-order valence-corrected chi connectivity index (χ4v) is 2.70. The largest absolute Gasteiger partial charge is 0.493 e. The van der Waals surface area contributed by atoms with Crippen LogP contribution in [0.5, 0.6) is 11.5 Å². The molecule has 0 fully saturated rings. The number of methoxy groups -OCH3 is 2. The molecule has 0 atom stereocenters. The number of amides is 2. The number of nitrogens with one attached hydrogen (secondary N) is 2. The maximum atomic E-state index is 12.9. The van der Waals surface area contributed by atoms with Crippen LogP contribution in [0.15, 0.2) is 46.9 Å². The van der Waals surface area contributed by atoms with Crippen molar-refractivity contribution in [3.8, 4) is 11.5 Å². The predicted molar refractivity (Wildman–Crippen MR) is 107 cm³/mol. The molecule has 28 heavy (non-hydrogen) atoms. The molecule has 2 aromatic carbocycles. The van der Waals surface area contributed by atoms with Crippen molar-refractivity contribution < 1.29 is 23.5 Å². The summed E-state index contributed by atoms with van der Waals surface area (Å²) in [5.74, 6) is 0.141. The highest BCUT2D eigenvalue weighted by Gasteiger charge is 2.23. The van der Waals surface area contributed by atoms with Crippen LogP contribution in [-0.4, -0.2) is 26.0 Å². The lowest BCUT2D eigenvalue weighted by molar-refractivity contribution is -0.118. The summed E-state index contributed by atoms with van der Waals surface area (Å²) in [5, 5.41) is 6.23. The fourth-order valence-electron chi connectivity index (χ4n) is 2.70. The predicted octanol–water partition coefficient (Wildman–Crippen LogP) is 4.30. The van der Waals surface area contributed by atoms with Crippen molar-refractivity contribution in [2.75, 3.05) is 24.9 Å². The van der Waals surface area contributed by atoms with Gasteiger partial charge in [-0.3, -0.25) is 9.59 Å². The van der Waals surface area contributed by atoms with Crippen molar-refractivity contribution >= 4 is 34.2 Å². The van der Waals surface area contributed by atoms with E-state index in [4.69, 9.17) is 13.9 Å². The van der Waals surface area contributed by atoms with Crippen LogP contribution in [0, 0.1) is 5.92 Å². The highest BCUT2D eigenvalue weighted by molar-refractivity contribution is 6.14. The van der Waals surface area contributed by atoms with E-state index in [1.807, 2.05) is 6.07 Å². The normalized spacial score (nSPS) is 10.8. The number of ether oxygens (including phenoxy) is 2. The van der Waals surface area contributed by atoms with Crippen LogP contribution in [0.1, 0.15) is 24.4 Å². The Labute approximate surface area is 162 Å². The van der Waals surface area contributed by atoms with Gasteiger partial charge < -0.3 is 24.5 Å². The molecule has 0 radical (unpaired) electrons. The highest BCUT2D eigenvalue weighted by atomic mass is 16.5. The van der Waals surface area contributed by atoms with E-state index in [0.29, 0.717) is 33.8 Å². The number of benzene rings is 2. The zero-order chi connectivity index (χ0) is 20.3. The first kappa shape index (κ1) is 19.3. The number of carbonyl (C=O) groups excluding carboxylic acids is 2. The molecule has 2 N–H and O–H groups in total. The molecular formula is C21H22N2O5. The van der Waals surface area contributed by atoms with Crippen molar-refractivity contribution in [2.24, 2.45) is 5.92 Å². The van der Waals surface area contributed by atoms with E-state index >= 15 is 0 Å². The second-order valence-corrected chi connectivity index (χ2v) is 6.47. The summed E-state index contributed by atoms with van der Waals surface area (Å²) < 4.78 is 16.2. The number of rotatable bonds is 6. The van der Waals surface area contributed by atoms with Gasteiger partial charge in [0, 0.05) is 23.1 Å². The first-order valence-electron chi connectivity index (χ1n) is 8.80.